The van der Waals surface area contributed by atoms with Crippen LogP contribution in [0.15, 0.2) is 18.2 Å². The number of carbonyl (C=O) groups excluding carboxylic acids is 1. The molecule has 1 aromatic carbocycles. The first-order chi connectivity index (χ1) is 14.0. The fourth-order valence-corrected chi connectivity index (χ4v) is 3.14. The predicted molar refractivity (Wildman–Crippen MR) is 116 cm³/mol. The smallest absolute Gasteiger partial charge is 0.248 e. The lowest BCUT2D eigenvalue weighted by Gasteiger charge is -2.20. The van der Waals surface area contributed by atoms with Gasteiger partial charge in [0.2, 0.25) is 23.8 Å². The molecule has 0 bridgehead atoms. The van der Waals surface area contributed by atoms with Crippen LogP contribution in [0.5, 0.6) is 0 Å². The Kier molecular flexibility index (Phi) is 6.82. The Morgan fingerprint density at radius 2 is 2.10 bits per heavy atom. The summed E-state index contributed by atoms with van der Waals surface area (Å²) in [6.07, 6.45) is 3.17. The molecule has 1 atom stereocenters. The molecular formula is C20H30N8O. The van der Waals surface area contributed by atoms with E-state index in [1.807, 2.05) is 24.9 Å². The molecule has 3 rings (SSSR count). The van der Waals surface area contributed by atoms with Crippen LogP contribution >= 0.6 is 0 Å². The van der Waals surface area contributed by atoms with Gasteiger partial charge in [-0.15, -0.1) is 0 Å². The number of primary amides is 1. The SMILES string of the molecule is CCCCN(C)c1nc(Nc2cc(C(N)=O)ccc2C)nc(N[C@H]2CCNC2)n1. The first-order valence-corrected chi connectivity index (χ1v) is 10.1. The van der Waals surface area contributed by atoms with E-state index >= 15 is 0 Å². The van der Waals surface area contributed by atoms with Crippen molar-refractivity contribution >= 4 is 29.4 Å². The number of carbonyl (C=O) groups is 1. The Morgan fingerprint density at radius 3 is 2.79 bits per heavy atom. The van der Waals surface area contributed by atoms with Gasteiger partial charge in [0, 0.05) is 37.4 Å². The van der Waals surface area contributed by atoms with Crippen LogP contribution in [0.2, 0.25) is 0 Å². The van der Waals surface area contributed by atoms with Gasteiger partial charge < -0.3 is 26.6 Å². The van der Waals surface area contributed by atoms with E-state index in [1.54, 1.807) is 12.1 Å². The van der Waals surface area contributed by atoms with Crippen molar-refractivity contribution in [1.82, 2.24) is 20.3 Å². The highest BCUT2D eigenvalue weighted by Gasteiger charge is 2.18. The zero-order valence-electron chi connectivity index (χ0n) is 17.3. The number of benzene rings is 1. The van der Waals surface area contributed by atoms with Crippen LogP contribution in [0.3, 0.4) is 0 Å². The number of hydrogen-bond acceptors (Lipinski definition) is 8. The summed E-state index contributed by atoms with van der Waals surface area (Å²) < 4.78 is 0. The van der Waals surface area contributed by atoms with Crippen molar-refractivity contribution in [2.75, 3.05) is 42.2 Å². The number of nitrogens with one attached hydrogen (secondary N) is 3. The highest BCUT2D eigenvalue weighted by Crippen LogP contribution is 2.22. The second kappa shape index (κ2) is 9.51. The molecule has 0 radical (unpaired) electrons. The molecule has 2 heterocycles. The van der Waals surface area contributed by atoms with Gasteiger partial charge in [-0.2, -0.15) is 15.0 Å². The van der Waals surface area contributed by atoms with E-state index in [-0.39, 0.29) is 0 Å². The van der Waals surface area contributed by atoms with Gasteiger partial charge in [-0.3, -0.25) is 4.79 Å². The molecule has 1 amide bonds. The number of rotatable bonds is 9. The van der Waals surface area contributed by atoms with Gasteiger partial charge in [0.15, 0.2) is 0 Å². The summed E-state index contributed by atoms with van der Waals surface area (Å²) in [5.74, 6) is 1.10. The third kappa shape index (κ3) is 5.54. The van der Waals surface area contributed by atoms with Gasteiger partial charge in [-0.1, -0.05) is 19.4 Å². The minimum absolute atomic E-state index is 0.291. The molecule has 9 nitrogen and oxygen atoms in total. The molecule has 9 heteroatoms. The fourth-order valence-electron chi connectivity index (χ4n) is 3.14. The minimum Gasteiger partial charge on any atom is -0.366 e. The lowest BCUT2D eigenvalue weighted by atomic mass is 10.1. The fraction of sp³-hybridized carbons (Fsp3) is 0.500. The van der Waals surface area contributed by atoms with Crippen molar-refractivity contribution in [2.45, 2.75) is 39.2 Å². The van der Waals surface area contributed by atoms with Gasteiger partial charge in [-0.25, -0.2) is 0 Å². The summed E-state index contributed by atoms with van der Waals surface area (Å²) in [5, 5.41) is 9.96. The molecule has 29 heavy (non-hydrogen) atoms. The first-order valence-electron chi connectivity index (χ1n) is 10.1. The van der Waals surface area contributed by atoms with Crippen LogP contribution in [0, 0.1) is 6.92 Å². The maximum absolute atomic E-state index is 11.5. The molecular weight excluding hydrogens is 368 g/mol. The third-order valence-electron chi connectivity index (χ3n) is 4.97. The number of nitrogens with zero attached hydrogens (tertiary/aromatic N) is 4. The van der Waals surface area contributed by atoms with Crippen molar-refractivity contribution in [3.63, 3.8) is 0 Å². The normalized spacial score (nSPS) is 15.9. The molecule has 0 unspecified atom stereocenters. The number of hydrogen-bond donors (Lipinski definition) is 4. The van der Waals surface area contributed by atoms with Crippen molar-refractivity contribution in [3.05, 3.63) is 29.3 Å². The van der Waals surface area contributed by atoms with Crippen LogP contribution in [-0.2, 0) is 0 Å². The van der Waals surface area contributed by atoms with E-state index in [2.05, 4.69) is 37.8 Å². The molecule has 2 aromatic rings. The number of aryl methyl sites for hydroxylation is 1. The Balaban J connectivity index is 1.89. The van der Waals surface area contributed by atoms with E-state index in [0.717, 1.165) is 50.1 Å². The summed E-state index contributed by atoms with van der Waals surface area (Å²) in [7, 11) is 1.98. The first kappa shape index (κ1) is 20.8. The zero-order valence-corrected chi connectivity index (χ0v) is 17.3. The summed E-state index contributed by atoms with van der Waals surface area (Å²) in [4.78, 5) is 27.3. The molecule has 1 aliphatic rings. The van der Waals surface area contributed by atoms with Crippen molar-refractivity contribution < 1.29 is 4.79 Å². The standard InChI is InChI=1S/C20H30N8O/c1-4-5-10-28(3)20-26-18(23-15-8-9-22-12-15)25-19(27-20)24-16-11-14(17(21)29)7-6-13(16)2/h6-7,11,15,22H,4-5,8-10,12H2,1-3H3,(H2,21,29)(H2,23,24,25,26,27)/t15-/m0/s1. The average molecular weight is 399 g/mol. The topological polar surface area (TPSA) is 121 Å². The number of amides is 1. The van der Waals surface area contributed by atoms with Crippen LogP contribution in [0.25, 0.3) is 0 Å². The van der Waals surface area contributed by atoms with Crippen LogP contribution in [0.4, 0.5) is 23.5 Å². The lowest BCUT2D eigenvalue weighted by Crippen LogP contribution is -2.26. The molecule has 156 valence electrons. The molecule has 1 saturated heterocycles. The summed E-state index contributed by atoms with van der Waals surface area (Å²) >= 11 is 0. The molecule has 0 aliphatic carbocycles. The Hall–Kier alpha value is -2.94. The van der Waals surface area contributed by atoms with Crippen LogP contribution in [0.1, 0.15) is 42.1 Å². The maximum Gasteiger partial charge on any atom is 0.248 e. The molecule has 1 fully saturated rings. The van der Waals surface area contributed by atoms with Crippen molar-refractivity contribution in [1.29, 1.82) is 0 Å². The Bertz CT molecular complexity index is 850. The predicted octanol–water partition coefficient (Wildman–Crippen LogP) is 2.03. The van der Waals surface area contributed by atoms with E-state index in [0.29, 0.717) is 29.5 Å². The summed E-state index contributed by atoms with van der Waals surface area (Å²) in [6.45, 7) is 6.83. The van der Waals surface area contributed by atoms with Gasteiger partial charge in [0.25, 0.3) is 0 Å². The largest absolute Gasteiger partial charge is 0.366 e. The highest BCUT2D eigenvalue weighted by atomic mass is 16.1. The molecule has 1 aromatic heterocycles. The van der Waals surface area contributed by atoms with Crippen molar-refractivity contribution in [2.24, 2.45) is 5.73 Å². The molecule has 0 spiro atoms. The van der Waals surface area contributed by atoms with E-state index < -0.39 is 5.91 Å². The number of nitrogens with two attached hydrogens (primary N) is 1. The third-order valence-corrected chi connectivity index (χ3v) is 4.97. The van der Waals surface area contributed by atoms with Gasteiger partial charge >= 0.3 is 0 Å². The lowest BCUT2D eigenvalue weighted by molar-refractivity contribution is 0.100. The second-order valence-electron chi connectivity index (χ2n) is 7.41. The molecule has 5 N–H and O–H groups in total. The van der Waals surface area contributed by atoms with Crippen LogP contribution < -0.4 is 26.6 Å². The number of aromatic nitrogens is 3. The Labute approximate surface area is 171 Å². The van der Waals surface area contributed by atoms with Crippen LogP contribution in [-0.4, -0.2) is 53.6 Å². The van der Waals surface area contributed by atoms with E-state index in [1.165, 1.54) is 0 Å². The van der Waals surface area contributed by atoms with Crippen molar-refractivity contribution in [3.8, 4) is 0 Å². The zero-order chi connectivity index (χ0) is 20.8. The monoisotopic (exact) mass is 398 g/mol. The summed E-state index contributed by atoms with van der Waals surface area (Å²) in [6, 6.07) is 5.57. The molecule has 1 aliphatic heterocycles. The quantitative estimate of drug-likeness (QED) is 0.506. The van der Waals surface area contributed by atoms with Gasteiger partial charge in [0.05, 0.1) is 0 Å². The number of anilines is 4. The van der Waals surface area contributed by atoms with E-state index in [4.69, 9.17) is 5.73 Å². The number of unbranched alkanes of at least 4 members (excludes halogenated alkanes) is 1. The minimum atomic E-state index is -0.472. The van der Waals surface area contributed by atoms with Gasteiger partial charge in [-0.05, 0) is 44.0 Å². The van der Waals surface area contributed by atoms with Gasteiger partial charge in [0.1, 0.15) is 0 Å². The second-order valence-corrected chi connectivity index (χ2v) is 7.41. The molecule has 0 saturated carbocycles. The Morgan fingerprint density at radius 1 is 1.31 bits per heavy atom. The van der Waals surface area contributed by atoms with E-state index in [9.17, 15) is 4.79 Å². The maximum atomic E-state index is 11.5. The summed E-state index contributed by atoms with van der Waals surface area (Å²) in [5.41, 5.74) is 7.56. The average Bonchev–Trinajstić information content (AvgIpc) is 3.20. The highest BCUT2D eigenvalue weighted by molar-refractivity contribution is 5.94.